The number of nitrogens with one attached hydrogen (secondary N) is 1. The average molecular weight is 302 g/mol. The molecule has 0 saturated heterocycles. The number of benzene rings is 1. The van der Waals surface area contributed by atoms with Crippen LogP contribution in [0.2, 0.25) is 0 Å². The molecule has 2 nitrogen and oxygen atoms in total. The quantitative estimate of drug-likeness (QED) is 0.809. The van der Waals surface area contributed by atoms with Crippen molar-refractivity contribution in [2.24, 2.45) is 11.7 Å². The molecule has 0 amide bonds. The fraction of sp³-hybridized carbons (Fsp3) is 0.500. The van der Waals surface area contributed by atoms with Crippen molar-refractivity contribution in [2.75, 3.05) is 5.32 Å². The Morgan fingerprint density at radius 1 is 1.45 bits per heavy atom. The normalized spacial score (nSPS) is 21.6. The molecule has 0 spiro atoms. The molecule has 0 radical (unpaired) electrons. The molecule has 6 heteroatoms. The molecule has 0 heterocycles. The zero-order chi connectivity index (χ0) is 14.9. The van der Waals surface area contributed by atoms with Crippen LogP contribution in [0.4, 0.5) is 18.9 Å². The maximum absolute atomic E-state index is 13.0. The molecule has 1 aromatic rings. The molecule has 1 fully saturated rings. The van der Waals surface area contributed by atoms with Crippen molar-refractivity contribution in [3.63, 3.8) is 0 Å². The van der Waals surface area contributed by atoms with Crippen molar-refractivity contribution >= 4 is 22.9 Å². The van der Waals surface area contributed by atoms with E-state index in [-0.39, 0.29) is 16.6 Å². The minimum atomic E-state index is -4.46. The summed E-state index contributed by atoms with van der Waals surface area (Å²) in [5, 5.41) is 3.15. The highest BCUT2D eigenvalue weighted by Gasteiger charge is 2.37. The van der Waals surface area contributed by atoms with Crippen LogP contribution in [0.15, 0.2) is 18.2 Å². The molecular formula is C14H17F3N2S. The molecule has 3 N–H and O–H groups in total. The molecule has 1 aliphatic rings. The summed E-state index contributed by atoms with van der Waals surface area (Å²) in [6.45, 7) is 2.11. The monoisotopic (exact) mass is 302 g/mol. The lowest BCUT2D eigenvalue weighted by Gasteiger charge is -2.14. The van der Waals surface area contributed by atoms with Gasteiger partial charge in [-0.3, -0.25) is 0 Å². The van der Waals surface area contributed by atoms with Gasteiger partial charge in [-0.15, -0.1) is 0 Å². The van der Waals surface area contributed by atoms with E-state index in [4.69, 9.17) is 5.73 Å². The largest absolute Gasteiger partial charge is 0.417 e. The Labute approximate surface area is 121 Å². The predicted molar refractivity (Wildman–Crippen MR) is 77.8 cm³/mol. The van der Waals surface area contributed by atoms with Gasteiger partial charge in [0.25, 0.3) is 0 Å². The summed E-state index contributed by atoms with van der Waals surface area (Å²) in [7, 11) is 0. The van der Waals surface area contributed by atoms with Gasteiger partial charge in [-0.2, -0.15) is 13.2 Å². The summed E-state index contributed by atoms with van der Waals surface area (Å²) in [4.78, 5) is -0.237. The Hall–Kier alpha value is -1.30. The molecular weight excluding hydrogens is 285 g/mol. The van der Waals surface area contributed by atoms with Crippen molar-refractivity contribution in [3.8, 4) is 0 Å². The molecule has 2 atom stereocenters. The van der Waals surface area contributed by atoms with Crippen molar-refractivity contribution in [1.29, 1.82) is 0 Å². The van der Waals surface area contributed by atoms with Crippen LogP contribution in [0.1, 0.15) is 37.3 Å². The highest BCUT2D eigenvalue weighted by Crippen LogP contribution is 2.39. The molecule has 20 heavy (non-hydrogen) atoms. The van der Waals surface area contributed by atoms with Gasteiger partial charge in [0.2, 0.25) is 0 Å². The fourth-order valence-electron chi connectivity index (χ4n) is 2.41. The fourth-order valence-corrected chi connectivity index (χ4v) is 2.59. The summed E-state index contributed by atoms with van der Waals surface area (Å²) >= 11 is 4.67. The van der Waals surface area contributed by atoms with Gasteiger partial charge >= 0.3 is 6.18 Å². The van der Waals surface area contributed by atoms with Crippen LogP contribution in [0, 0.1) is 5.92 Å². The maximum Gasteiger partial charge on any atom is 0.417 e. The van der Waals surface area contributed by atoms with Gasteiger partial charge in [-0.25, -0.2) is 0 Å². The number of anilines is 1. The first kappa shape index (κ1) is 15.1. The molecule has 0 bridgehead atoms. The Kier molecular flexibility index (Phi) is 4.22. The summed E-state index contributed by atoms with van der Waals surface area (Å²) in [6.07, 6.45) is -1.24. The highest BCUT2D eigenvalue weighted by molar-refractivity contribution is 7.80. The molecule has 0 aliphatic heterocycles. The van der Waals surface area contributed by atoms with Crippen molar-refractivity contribution in [3.05, 3.63) is 29.3 Å². The summed E-state index contributed by atoms with van der Waals surface area (Å²) in [6, 6.07) is 4.32. The van der Waals surface area contributed by atoms with E-state index in [1.165, 1.54) is 6.07 Å². The SMILES string of the molecule is CCCC1CC1Nc1ccc(C(N)=S)c(C(F)(F)F)c1. The van der Waals surface area contributed by atoms with Gasteiger partial charge in [0.05, 0.1) is 5.56 Å². The highest BCUT2D eigenvalue weighted by atomic mass is 32.1. The lowest BCUT2D eigenvalue weighted by Crippen LogP contribution is -2.18. The van der Waals surface area contributed by atoms with Crippen LogP contribution in [-0.2, 0) is 6.18 Å². The molecule has 0 aromatic heterocycles. The second-order valence-electron chi connectivity index (χ2n) is 5.16. The van der Waals surface area contributed by atoms with Gasteiger partial charge in [-0.1, -0.05) is 25.6 Å². The maximum atomic E-state index is 13.0. The number of hydrogen-bond acceptors (Lipinski definition) is 2. The van der Waals surface area contributed by atoms with E-state index in [1.54, 1.807) is 6.07 Å². The topological polar surface area (TPSA) is 38.0 Å². The van der Waals surface area contributed by atoms with Crippen LogP contribution in [0.3, 0.4) is 0 Å². The summed E-state index contributed by atoms with van der Waals surface area (Å²) in [5.41, 5.74) is 4.92. The van der Waals surface area contributed by atoms with Gasteiger partial charge in [-0.05, 0) is 37.0 Å². The lowest BCUT2D eigenvalue weighted by atomic mass is 10.1. The minimum Gasteiger partial charge on any atom is -0.389 e. The van der Waals surface area contributed by atoms with E-state index >= 15 is 0 Å². The first-order valence-corrected chi connectivity index (χ1v) is 7.01. The number of halogens is 3. The molecule has 1 aromatic carbocycles. The first-order chi connectivity index (χ1) is 9.32. The van der Waals surface area contributed by atoms with E-state index in [2.05, 4.69) is 24.5 Å². The molecule has 2 unspecified atom stereocenters. The van der Waals surface area contributed by atoms with Crippen LogP contribution in [0.5, 0.6) is 0 Å². The average Bonchev–Trinajstić information content (AvgIpc) is 3.06. The zero-order valence-electron chi connectivity index (χ0n) is 11.1. The van der Waals surface area contributed by atoms with E-state index < -0.39 is 11.7 Å². The Morgan fingerprint density at radius 3 is 2.70 bits per heavy atom. The van der Waals surface area contributed by atoms with Crippen LogP contribution >= 0.6 is 12.2 Å². The predicted octanol–water partition coefficient (Wildman–Crippen LogP) is 3.94. The third kappa shape index (κ3) is 3.42. The van der Waals surface area contributed by atoms with E-state index in [0.717, 1.165) is 25.3 Å². The van der Waals surface area contributed by atoms with Gasteiger partial charge in [0.1, 0.15) is 4.99 Å². The van der Waals surface area contributed by atoms with Crippen LogP contribution < -0.4 is 11.1 Å². The Morgan fingerprint density at radius 2 is 2.15 bits per heavy atom. The smallest absolute Gasteiger partial charge is 0.389 e. The van der Waals surface area contributed by atoms with Crippen molar-refractivity contribution in [2.45, 2.75) is 38.4 Å². The standard InChI is InChI=1S/C14H17F3N2S/c1-2-3-8-6-12(8)19-9-4-5-10(13(18)20)11(7-9)14(15,16)17/h4-5,7-8,12,19H,2-3,6H2,1H3,(H2,18,20). The van der Waals surface area contributed by atoms with Crippen molar-refractivity contribution in [1.82, 2.24) is 0 Å². The third-order valence-electron chi connectivity index (χ3n) is 3.52. The number of rotatable bonds is 5. The number of nitrogens with two attached hydrogens (primary N) is 1. The molecule has 110 valence electrons. The molecule has 1 saturated carbocycles. The lowest BCUT2D eigenvalue weighted by molar-refractivity contribution is -0.137. The Balaban J connectivity index is 2.18. The summed E-state index contributed by atoms with van der Waals surface area (Å²) in [5.74, 6) is 0.574. The zero-order valence-corrected chi connectivity index (χ0v) is 11.9. The Bertz CT molecular complexity index is 514. The van der Waals surface area contributed by atoms with E-state index in [9.17, 15) is 13.2 Å². The van der Waals surface area contributed by atoms with E-state index in [1.807, 2.05) is 0 Å². The number of thiocarbonyl (C=S) groups is 1. The van der Waals surface area contributed by atoms with Crippen LogP contribution in [0.25, 0.3) is 0 Å². The number of hydrogen-bond donors (Lipinski definition) is 2. The van der Waals surface area contributed by atoms with E-state index in [0.29, 0.717) is 11.6 Å². The summed E-state index contributed by atoms with van der Waals surface area (Å²) < 4.78 is 39.0. The second kappa shape index (κ2) is 5.60. The van der Waals surface area contributed by atoms with Gasteiger partial charge in [0.15, 0.2) is 0 Å². The van der Waals surface area contributed by atoms with Gasteiger partial charge < -0.3 is 11.1 Å². The minimum absolute atomic E-state index is 0.126. The first-order valence-electron chi connectivity index (χ1n) is 6.60. The van der Waals surface area contributed by atoms with Crippen molar-refractivity contribution < 1.29 is 13.2 Å². The molecule has 1 aliphatic carbocycles. The third-order valence-corrected chi connectivity index (χ3v) is 3.74. The molecule has 2 rings (SSSR count). The second-order valence-corrected chi connectivity index (χ2v) is 5.60. The van der Waals surface area contributed by atoms with Crippen LogP contribution in [-0.4, -0.2) is 11.0 Å². The van der Waals surface area contributed by atoms with Gasteiger partial charge in [0, 0.05) is 17.3 Å². The number of alkyl halides is 3.